The number of allylic oxidation sites excluding steroid dienone is 11. The van der Waals surface area contributed by atoms with Gasteiger partial charge in [-0.05, 0) is 70.7 Å². The molecule has 0 saturated carbocycles. The molecule has 1 aliphatic rings. The minimum absolute atomic E-state index is 0.205. The normalized spacial score (nSPS) is 16.1. The first-order valence-corrected chi connectivity index (χ1v) is 14.6. The average molecular weight is 545 g/mol. The number of halogens is 1. The third-order valence-electron chi connectivity index (χ3n) is 6.47. The van der Waals surface area contributed by atoms with E-state index >= 15 is 0 Å². The number of rotatable bonds is 11. The first-order chi connectivity index (χ1) is 19.3. The molecule has 1 aromatic rings. The Morgan fingerprint density at radius 3 is 2.33 bits per heavy atom. The lowest BCUT2D eigenvalue weighted by Gasteiger charge is -2.32. The van der Waals surface area contributed by atoms with Crippen LogP contribution >= 0.6 is 0 Å². The van der Waals surface area contributed by atoms with Crippen molar-refractivity contribution < 1.29 is 4.39 Å². The Balaban J connectivity index is 0.000000486. The van der Waals surface area contributed by atoms with Gasteiger partial charge in [-0.25, -0.2) is 4.39 Å². The molecule has 2 rings (SSSR count). The molecule has 0 spiro atoms. The molecule has 1 N–H and O–H groups in total. The van der Waals surface area contributed by atoms with Gasteiger partial charge >= 0.3 is 0 Å². The van der Waals surface area contributed by atoms with E-state index in [1.165, 1.54) is 11.6 Å². The van der Waals surface area contributed by atoms with Crippen LogP contribution < -0.4 is 5.32 Å². The maximum atomic E-state index is 14.5. The van der Waals surface area contributed by atoms with Crippen LogP contribution in [0.3, 0.4) is 0 Å². The lowest BCUT2D eigenvalue weighted by Crippen LogP contribution is -2.43. The van der Waals surface area contributed by atoms with Gasteiger partial charge in [0, 0.05) is 54.9 Å². The van der Waals surface area contributed by atoms with E-state index in [-0.39, 0.29) is 5.82 Å². The second-order valence-electron chi connectivity index (χ2n) is 9.70. The van der Waals surface area contributed by atoms with Gasteiger partial charge in [0.25, 0.3) is 0 Å². The highest BCUT2D eigenvalue weighted by Crippen LogP contribution is 2.30. The van der Waals surface area contributed by atoms with Crippen LogP contribution in [0.25, 0.3) is 5.57 Å². The van der Waals surface area contributed by atoms with Crippen molar-refractivity contribution in [3.63, 3.8) is 0 Å². The van der Waals surface area contributed by atoms with Crippen molar-refractivity contribution in [2.75, 3.05) is 26.2 Å². The molecule has 0 atom stereocenters. The van der Waals surface area contributed by atoms with Crippen LogP contribution in [0.2, 0.25) is 0 Å². The number of hydrogen-bond donors (Lipinski definition) is 1. The van der Waals surface area contributed by atoms with Crippen LogP contribution in [-0.4, -0.2) is 36.8 Å². The van der Waals surface area contributed by atoms with Crippen molar-refractivity contribution in [3.05, 3.63) is 101 Å². The Bertz CT molecular complexity index is 1170. The average Bonchev–Trinajstić information content (AvgIpc) is 2.96. The summed E-state index contributed by atoms with van der Waals surface area (Å²) in [6, 6.07) is 9.14. The number of nitriles is 1. The van der Waals surface area contributed by atoms with Gasteiger partial charge in [-0.15, -0.1) is 0 Å². The number of nitrogens with zero attached hydrogens (tertiary/aromatic N) is 3. The van der Waals surface area contributed by atoms with Gasteiger partial charge in [-0.3, -0.25) is 4.99 Å². The number of hydrogen-bond acceptors (Lipinski definition) is 4. The summed E-state index contributed by atoms with van der Waals surface area (Å²) in [6.45, 7) is 18.3. The quantitative estimate of drug-likeness (QED) is 0.172. The van der Waals surface area contributed by atoms with Gasteiger partial charge < -0.3 is 10.2 Å². The van der Waals surface area contributed by atoms with E-state index in [1.54, 1.807) is 6.07 Å². The topological polar surface area (TPSA) is 51.4 Å². The molecule has 5 heteroatoms. The Kier molecular flexibility index (Phi) is 17.6. The maximum Gasteiger partial charge on any atom is 0.131 e. The Labute approximate surface area is 243 Å². The lowest BCUT2D eigenvalue weighted by atomic mass is 9.92. The number of benzene rings is 1. The second kappa shape index (κ2) is 20.4. The lowest BCUT2D eigenvalue weighted by molar-refractivity contribution is 0.299. The Morgan fingerprint density at radius 2 is 1.75 bits per heavy atom. The molecule has 0 aliphatic carbocycles. The van der Waals surface area contributed by atoms with E-state index in [0.717, 1.165) is 80.0 Å². The van der Waals surface area contributed by atoms with E-state index in [1.807, 2.05) is 68.6 Å². The second-order valence-corrected chi connectivity index (χ2v) is 9.70. The predicted molar refractivity (Wildman–Crippen MR) is 172 cm³/mol. The fourth-order valence-corrected chi connectivity index (χ4v) is 4.42. The van der Waals surface area contributed by atoms with Crippen molar-refractivity contribution in [3.8, 4) is 6.07 Å². The van der Waals surface area contributed by atoms with Gasteiger partial charge in [-0.2, -0.15) is 5.26 Å². The van der Waals surface area contributed by atoms with E-state index < -0.39 is 0 Å². The molecule has 4 nitrogen and oxygen atoms in total. The van der Waals surface area contributed by atoms with Gasteiger partial charge in [0.15, 0.2) is 0 Å². The molecule has 40 heavy (non-hydrogen) atoms. The fourth-order valence-electron chi connectivity index (χ4n) is 4.42. The number of nitrogens with one attached hydrogen (secondary N) is 1. The van der Waals surface area contributed by atoms with E-state index in [2.05, 4.69) is 55.9 Å². The minimum atomic E-state index is -0.205. The summed E-state index contributed by atoms with van der Waals surface area (Å²) >= 11 is 0. The third kappa shape index (κ3) is 12.1. The summed E-state index contributed by atoms with van der Waals surface area (Å²) in [5.74, 6) is -0.205. The number of piperazine rings is 1. The molecule has 1 fully saturated rings. The summed E-state index contributed by atoms with van der Waals surface area (Å²) in [5, 5.41) is 12.2. The Morgan fingerprint density at radius 1 is 1.07 bits per heavy atom. The zero-order valence-corrected chi connectivity index (χ0v) is 25.7. The molecular formula is C35H49FN4. The molecular weight excluding hydrogens is 495 g/mol. The maximum absolute atomic E-state index is 14.5. The monoisotopic (exact) mass is 544 g/mol. The minimum Gasteiger partial charge on any atom is -0.372 e. The molecule has 0 bridgehead atoms. The van der Waals surface area contributed by atoms with Crippen LogP contribution in [0.4, 0.5) is 4.39 Å². The molecule has 1 aromatic carbocycles. The third-order valence-corrected chi connectivity index (χ3v) is 6.47. The summed E-state index contributed by atoms with van der Waals surface area (Å²) < 4.78 is 14.5. The van der Waals surface area contributed by atoms with Crippen LogP contribution in [0.5, 0.6) is 0 Å². The predicted octanol–water partition coefficient (Wildman–Crippen LogP) is 8.94. The van der Waals surface area contributed by atoms with Gasteiger partial charge in [-0.1, -0.05) is 75.3 Å². The Hall–Kier alpha value is -3.49. The molecule has 0 aromatic heterocycles. The van der Waals surface area contributed by atoms with Gasteiger partial charge in [0.2, 0.25) is 0 Å². The number of aliphatic imine (C=N–C) groups is 1. The SMILES string of the molecule is CC/C=C/C=C(C#N)\C=C(/C)CCC.C\C=C(C(/C(C)=N/C=C/CC)=C(/C)N1CCNCC1)\c1ccccc1F. The summed E-state index contributed by atoms with van der Waals surface area (Å²) in [6.07, 6.45) is 17.8. The molecule has 0 amide bonds. The standard InChI is InChI=1S/C22H30FN3.C13H19N/c1-5-7-12-25-17(3)22(18(4)26-15-13-24-14-16-26)19(6-2)20-10-8-9-11-21(20)23;1-4-6-7-9-13(11-14)10-12(3)8-5-2/h6-12,24H,5,13-16H2,1-4H3;6-7,9-10H,4-5,8H2,1-3H3/b12-7+,19-6-,22-18-,25-17+;7-6+,12-10+,13-9+. The zero-order valence-electron chi connectivity index (χ0n) is 25.7. The summed E-state index contributed by atoms with van der Waals surface area (Å²) in [4.78, 5) is 6.99. The zero-order chi connectivity index (χ0) is 29.8. The van der Waals surface area contributed by atoms with Crippen LogP contribution in [0.1, 0.15) is 79.7 Å². The van der Waals surface area contributed by atoms with Crippen molar-refractivity contribution in [2.24, 2.45) is 4.99 Å². The van der Waals surface area contributed by atoms with Crippen molar-refractivity contribution in [1.29, 1.82) is 5.26 Å². The van der Waals surface area contributed by atoms with Crippen LogP contribution in [0, 0.1) is 17.1 Å². The fraction of sp³-hybridized carbons (Fsp3) is 0.429. The smallest absolute Gasteiger partial charge is 0.131 e. The molecule has 1 saturated heterocycles. The summed E-state index contributed by atoms with van der Waals surface area (Å²) in [5.41, 5.74) is 6.58. The van der Waals surface area contributed by atoms with Gasteiger partial charge in [0.05, 0.1) is 11.6 Å². The molecule has 0 unspecified atom stereocenters. The van der Waals surface area contributed by atoms with Crippen LogP contribution in [-0.2, 0) is 0 Å². The highest BCUT2D eigenvalue weighted by molar-refractivity contribution is 6.12. The molecule has 0 radical (unpaired) electrons. The first kappa shape index (κ1) is 34.5. The highest BCUT2D eigenvalue weighted by Gasteiger charge is 2.20. The van der Waals surface area contributed by atoms with E-state index in [9.17, 15) is 4.39 Å². The van der Waals surface area contributed by atoms with E-state index in [4.69, 9.17) is 5.26 Å². The molecule has 216 valence electrons. The van der Waals surface area contributed by atoms with Crippen molar-refractivity contribution >= 4 is 11.3 Å². The summed E-state index contributed by atoms with van der Waals surface area (Å²) in [7, 11) is 0. The van der Waals surface area contributed by atoms with Crippen molar-refractivity contribution in [2.45, 2.75) is 74.1 Å². The largest absolute Gasteiger partial charge is 0.372 e. The van der Waals surface area contributed by atoms with Crippen molar-refractivity contribution in [1.82, 2.24) is 10.2 Å². The van der Waals surface area contributed by atoms with Crippen LogP contribution in [0.15, 0.2) is 94.3 Å². The van der Waals surface area contributed by atoms with Gasteiger partial charge in [0.1, 0.15) is 5.82 Å². The highest BCUT2D eigenvalue weighted by atomic mass is 19.1. The molecule has 1 heterocycles. The molecule has 1 aliphatic heterocycles. The first-order valence-electron chi connectivity index (χ1n) is 14.6. The van der Waals surface area contributed by atoms with E-state index in [0.29, 0.717) is 5.56 Å².